The van der Waals surface area contributed by atoms with E-state index in [0.717, 1.165) is 7.11 Å². The molecule has 0 aliphatic carbocycles. The zero-order valence-corrected chi connectivity index (χ0v) is 9.12. The van der Waals surface area contributed by atoms with E-state index in [4.69, 9.17) is 0 Å². The summed E-state index contributed by atoms with van der Waals surface area (Å²) in [6.45, 7) is 5.89. The monoisotopic (exact) mass is 213 g/mol. The van der Waals surface area contributed by atoms with Crippen LogP contribution >= 0.6 is 0 Å². The van der Waals surface area contributed by atoms with Crippen LogP contribution in [0.5, 0.6) is 0 Å². The van der Waals surface area contributed by atoms with Gasteiger partial charge in [0, 0.05) is 13.3 Å². The Kier molecular flexibility index (Phi) is 4.70. The summed E-state index contributed by atoms with van der Waals surface area (Å²) in [5, 5.41) is 2.31. The van der Waals surface area contributed by atoms with E-state index >= 15 is 0 Å². The highest BCUT2D eigenvalue weighted by atomic mass is 16.5. The Morgan fingerprint density at radius 1 is 1.40 bits per heavy atom. The second-order valence-electron chi connectivity index (χ2n) is 3.13. The molecule has 0 bridgehead atoms. The van der Waals surface area contributed by atoms with Crippen LogP contribution in [0, 0.1) is 0 Å². The number of carbonyl (C=O) groups excluding carboxylic acids is 3. The molecule has 1 unspecified atom stereocenters. The van der Waals surface area contributed by atoms with E-state index in [0.29, 0.717) is 0 Å². The number of rotatable bonds is 5. The van der Waals surface area contributed by atoms with E-state index in [1.807, 2.05) is 0 Å². The van der Waals surface area contributed by atoms with Gasteiger partial charge in [0.05, 0.1) is 7.11 Å². The molecule has 1 N–H and O–H groups in total. The Labute approximate surface area is 88.5 Å². The molecule has 5 nitrogen and oxygen atoms in total. The SMILES string of the molecule is C=CCC(NC(C)=O)(C(C)=O)C(=O)OC. The molecular weight excluding hydrogens is 198 g/mol. The maximum atomic E-state index is 11.5. The maximum absolute atomic E-state index is 11.5. The van der Waals surface area contributed by atoms with Crippen molar-refractivity contribution in [3.05, 3.63) is 12.7 Å². The van der Waals surface area contributed by atoms with Crippen molar-refractivity contribution in [1.29, 1.82) is 0 Å². The first kappa shape index (κ1) is 13.4. The van der Waals surface area contributed by atoms with Crippen LogP contribution in [0.1, 0.15) is 20.3 Å². The lowest BCUT2D eigenvalue weighted by atomic mass is 9.90. The number of ether oxygens (including phenoxy) is 1. The fraction of sp³-hybridized carbons (Fsp3) is 0.500. The van der Waals surface area contributed by atoms with Gasteiger partial charge >= 0.3 is 5.97 Å². The highest BCUT2D eigenvalue weighted by molar-refractivity contribution is 6.10. The Morgan fingerprint density at radius 3 is 2.20 bits per heavy atom. The van der Waals surface area contributed by atoms with Crippen LogP contribution in [0.15, 0.2) is 12.7 Å². The lowest BCUT2D eigenvalue weighted by Gasteiger charge is -2.27. The third kappa shape index (κ3) is 2.90. The van der Waals surface area contributed by atoms with Crippen molar-refractivity contribution in [2.24, 2.45) is 0 Å². The number of amides is 1. The highest BCUT2D eigenvalue weighted by Gasteiger charge is 2.44. The number of methoxy groups -OCH3 is 1. The minimum Gasteiger partial charge on any atom is -0.467 e. The Hall–Kier alpha value is -1.65. The fourth-order valence-electron chi connectivity index (χ4n) is 1.25. The molecule has 0 fully saturated rings. The van der Waals surface area contributed by atoms with E-state index in [1.54, 1.807) is 0 Å². The summed E-state index contributed by atoms with van der Waals surface area (Å²) < 4.78 is 4.51. The van der Waals surface area contributed by atoms with Gasteiger partial charge in [0.25, 0.3) is 0 Å². The second-order valence-corrected chi connectivity index (χ2v) is 3.13. The topological polar surface area (TPSA) is 72.5 Å². The van der Waals surface area contributed by atoms with Crippen molar-refractivity contribution in [2.75, 3.05) is 7.11 Å². The van der Waals surface area contributed by atoms with Crippen LogP contribution in [0.3, 0.4) is 0 Å². The molecule has 84 valence electrons. The van der Waals surface area contributed by atoms with Crippen molar-refractivity contribution in [2.45, 2.75) is 25.8 Å². The number of Topliss-reactive ketones (excluding diaryl/α,β-unsaturated/α-hetero) is 1. The summed E-state index contributed by atoms with van der Waals surface area (Å²) in [6.07, 6.45) is 1.39. The van der Waals surface area contributed by atoms with Crippen molar-refractivity contribution in [3.63, 3.8) is 0 Å². The summed E-state index contributed by atoms with van der Waals surface area (Å²) in [6, 6.07) is 0. The molecule has 0 rings (SSSR count). The number of hydrogen-bond acceptors (Lipinski definition) is 4. The Bertz CT molecular complexity index is 298. The fourth-order valence-corrected chi connectivity index (χ4v) is 1.25. The summed E-state index contributed by atoms with van der Waals surface area (Å²) in [4.78, 5) is 33.9. The van der Waals surface area contributed by atoms with Crippen molar-refractivity contribution >= 4 is 17.7 Å². The van der Waals surface area contributed by atoms with Crippen LogP contribution < -0.4 is 5.32 Å². The largest absolute Gasteiger partial charge is 0.467 e. The maximum Gasteiger partial charge on any atom is 0.339 e. The Balaban J connectivity index is 5.24. The van der Waals surface area contributed by atoms with Crippen molar-refractivity contribution in [1.82, 2.24) is 5.32 Å². The molecule has 1 amide bonds. The minimum atomic E-state index is -1.64. The molecule has 0 aromatic carbocycles. The predicted octanol–water partition coefficient (Wildman–Crippen LogP) is 0.199. The van der Waals surface area contributed by atoms with Gasteiger partial charge in [-0.3, -0.25) is 9.59 Å². The lowest BCUT2D eigenvalue weighted by molar-refractivity contribution is -0.154. The van der Waals surface area contributed by atoms with Gasteiger partial charge in [-0.1, -0.05) is 6.08 Å². The number of ketones is 1. The van der Waals surface area contributed by atoms with Gasteiger partial charge in [-0.25, -0.2) is 4.79 Å². The molecular formula is C10H15NO4. The van der Waals surface area contributed by atoms with E-state index in [-0.39, 0.29) is 6.42 Å². The average molecular weight is 213 g/mol. The molecule has 1 atom stereocenters. The van der Waals surface area contributed by atoms with Crippen LogP contribution in [-0.4, -0.2) is 30.3 Å². The summed E-state index contributed by atoms with van der Waals surface area (Å²) in [5.41, 5.74) is -1.64. The molecule has 0 spiro atoms. The normalized spacial score (nSPS) is 13.5. The molecule has 0 aromatic rings. The second kappa shape index (κ2) is 5.29. The molecule has 0 saturated carbocycles. The standard InChI is InChI=1S/C10H15NO4/c1-5-6-10(7(2)12,9(14)15-4)11-8(3)13/h5H,1,6H2,2-4H3,(H,11,13). The van der Waals surface area contributed by atoms with Crippen LogP contribution in [-0.2, 0) is 19.1 Å². The molecule has 0 saturated heterocycles. The van der Waals surface area contributed by atoms with E-state index in [1.165, 1.54) is 19.9 Å². The number of hydrogen-bond donors (Lipinski definition) is 1. The molecule has 0 radical (unpaired) electrons. The number of esters is 1. The zero-order chi connectivity index (χ0) is 12.1. The van der Waals surface area contributed by atoms with Gasteiger partial charge in [-0.05, 0) is 6.92 Å². The first-order valence-electron chi connectivity index (χ1n) is 4.39. The summed E-state index contributed by atoms with van der Waals surface area (Å²) >= 11 is 0. The van der Waals surface area contributed by atoms with Gasteiger partial charge in [0.1, 0.15) is 0 Å². The average Bonchev–Trinajstić information content (AvgIpc) is 2.14. The first-order chi connectivity index (χ1) is 6.90. The third-order valence-corrected chi connectivity index (χ3v) is 1.97. The number of carbonyl (C=O) groups is 3. The minimum absolute atomic E-state index is 0.00852. The molecule has 0 aromatic heterocycles. The van der Waals surface area contributed by atoms with E-state index in [2.05, 4.69) is 16.6 Å². The van der Waals surface area contributed by atoms with E-state index in [9.17, 15) is 14.4 Å². The van der Waals surface area contributed by atoms with Crippen molar-refractivity contribution < 1.29 is 19.1 Å². The molecule has 0 heterocycles. The van der Waals surface area contributed by atoms with Gasteiger partial charge in [0.15, 0.2) is 11.3 Å². The van der Waals surface area contributed by atoms with Crippen LogP contribution in [0.4, 0.5) is 0 Å². The summed E-state index contributed by atoms with van der Waals surface area (Å²) in [5.74, 6) is -1.74. The predicted molar refractivity (Wildman–Crippen MR) is 54.1 cm³/mol. The molecule has 0 aliphatic rings. The first-order valence-corrected chi connectivity index (χ1v) is 4.39. The Morgan fingerprint density at radius 2 is 1.93 bits per heavy atom. The quantitative estimate of drug-likeness (QED) is 0.402. The zero-order valence-electron chi connectivity index (χ0n) is 9.12. The van der Waals surface area contributed by atoms with Gasteiger partial charge in [0.2, 0.25) is 5.91 Å². The van der Waals surface area contributed by atoms with E-state index < -0.39 is 23.2 Å². The van der Waals surface area contributed by atoms with Gasteiger partial charge in [-0.15, -0.1) is 6.58 Å². The highest BCUT2D eigenvalue weighted by Crippen LogP contribution is 2.15. The van der Waals surface area contributed by atoms with Crippen molar-refractivity contribution in [3.8, 4) is 0 Å². The number of nitrogens with one attached hydrogen (secondary N) is 1. The van der Waals surface area contributed by atoms with Gasteiger partial charge in [-0.2, -0.15) is 0 Å². The lowest BCUT2D eigenvalue weighted by Crippen LogP contribution is -2.59. The molecule has 15 heavy (non-hydrogen) atoms. The summed E-state index contributed by atoms with van der Waals surface area (Å²) in [7, 11) is 1.16. The van der Waals surface area contributed by atoms with Crippen LogP contribution in [0.25, 0.3) is 0 Å². The molecule has 0 aliphatic heterocycles. The van der Waals surface area contributed by atoms with Gasteiger partial charge < -0.3 is 10.1 Å². The molecule has 5 heteroatoms. The third-order valence-electron chi connectivity index (χ3n) is 1.97. The van der Waals surface area contributed by atoms with Crippen LogP contribution in [0.2, 0.25) is 0 Å². The smallest absolute Gasteiger partial charge is 0.339 e.